The minimum Gasteiger partial charge on any atom is -0.396 e. The second-order valence-electron chi connectivity index (χ2n) is 4.69. The molecule has 0 saturated heterocycles. The molecular formula is C14H17FN4OS. The number of amides is 1. The molecule has 21 heavy (non-hydrogen) atoms. The quantitative estimate of drug-likeness (QED) is 0.672. The molecule has 0 fully saturated rings. The van der Waals surface area contributed by atoms with Crippen LogP contribution in [0.3, 0.4) is 0 Å². The monoisotopic (exact) mass is 308 g/mol. The van der Waals surface area contributed by atoms with Crippen molar-refractivity contribution in [2.45, 2.75) is 18.7 Å². The van der Waals surface area contributed by atoms with Crippen LogP contribution in [0, 0.1) is 19.7 Å². The number of nitrogens with two attached hydrogens (primary N) is 1. The lowest BCUT2D eigenvalue weighted by atomic mass is 10.3. The fourth-order valence-corrected chi connectivity index (χ4v) is 2.60. The summed E-state index contributed by atoms with van der Waals surface area (Å²) >= 11 is 1.25. The van der Waals surface area contributed by atoms with Crippen LogP contribution in [-0.4, -0.2) is 21.4 Å². The van der Waals surface area contributed by atoms with Crippen molar-refractivity contribution in [1.29, 1.82) is 0 Å². The number of hydrogen-bond donors (Lipinski definition) is 2. The summed E-state index contributed by atoms with van der Waals surface area (Å²) in [7, 11) is 1.82. The Balaban J connectivity index is 1.97. The van der Waals surface area contributed by atoms with E-state index in [1.807, 2.05) is 20.9 Å². The molecule has 2 rings (SSSR count). The molecule has 1 amide bonds. The normalized spacial score (nSPS) is 10.7. The average molecular weight is 308 g/mol. The lowest BCUT2D eigenvalue weighted by molar-refractivity contribution is -0.113. The highest BCUT2D eigenvalue weighted by molar-refractivity contribution is 8.00. The van der Waals surface area contributed by atoms with Gasteiger partial charge in [0.25, 0.3) is 0 Å². The number of nitrogens with zero attached hydrogens (tertiary/aromatic N) is 2. The highest BCUT2D eigenvalue weighted by Gasteiger charge is 2.12. The van der Waals surface area contributed by atoms with Crippen molar-refractivity contribution in [2.75, 3.05) is 16.8 Å². The van der Waals surface area contributed by atoms with Gasteiger partial charge in [0.1, 0.15) is 5.82 Å². The second-order valence-corrected chi connectivity index (χ2v) is 5.74. The van der Waals surface area contributed by atoms with Gasteiger partial charge in [0.15, 0.2) is 0 Å². The minimum atomic E-state index is -0.473. The summed E-state index contributed by atoms with van der Waals surface area (Å²) in [4.78, 5) is 12.6. The summed E-state index contributed by atoms with van der Waals surface area (Å²) in [6, 6.07) is 4.51. The van der Waals surface area contributed by atoms with E-state index in [1.54, 1.807) is 10.7 Å². The zero-order valence-electron chi connectivity index (χ0n) is 12.1. The number of halogens is 1. The number of aryl methyl sites for hydroxylation is 2. The van der Waals surface area contributed by atoms with Gasteiger partial charge in [0.05, 0.1) is 28.5 Å². The third kappa shape index (κ3) is 3.55. The Morgan fingerprint density at radius 1 is 1.48 bits per heavy atom. The first kappa shape index (κ1) is 15.4. The molecular weight excluding hydrogens is 291 g/mol. The maximum absolute atomic E-state index is 13.3. The molecule has 0 bridgehead atoms. The van der Waals surface area contributed by atoms with Crippen LogP contribution in [-0.2, 0) is 11.8 Å². The third-order valence-electron chi connectivity index (χ3n) is 3.12. The molecule has 0 unspecified atom stereocenters. The van der Waals surface area contributed by atoms with Gasteiger partial charge in [0.2, 0.25) is 5.91 Å². The van der Waals surface area contributed by atoms with E-state index in [4.69, 9.17) is 5.73 Å². The van der Waals surface area contributed by atoms with Crippen LogP contribution in [0.2, 0.25) is 0 Å². The van der Waals surface area contributed by atoms with E-state index in [0.29, 0.717) is 4.90 Å². The number of nitrogens with one attached hydrogen (secondary N) is 1. The Morgan fingerprint density at radius 2 is 2.19 bits per heavy atom. The minimum absolute atomic E-state index is 0.102. The zero-order chi connectivity index (χ0) is 15.6. The van der Waals surface area contributed by atoms with Gasteiger partial charge in [0, 0.05) is 11.9 Å². The summed E-state index contributed by atoms with van der Waals surface area (Å²) < 4.78 is 15.0. The molecule has 7 heteroatoms. The van der Waals surface area contributed by atoms with Gasteiger partial charge in [-0.15, -0.1) is 11.8 Å². The van der Waals surface area contributed by atoms with Crippen LogP contribution in [0.25, 0.3) is 0 Å². The van der Waals surface area contributed by atoms with Gasteiger partial charge in [-0.05, 0) is 32.0 Å². The van der Waals surface area contributed by atoms with Crippen molar-refractivity contribution in [2.24, 2.45) is 7.05 Å². The Bertz CT molecular complexity index is 684. The molecule has 5 nitrogen and oxygen atoms in total. The van der Waals surface area contributed by atoms with Crippen LogP contribution in [0.4, 0.5) is 15.8 Å². The van der Waals surface area contributed by atoms with E-state index in [-0.39, 0.29) is 17.3 Å². The number of hydrogen-bond acceptors (Lipinski definition) is 4. The van der Waals surface area contributed by atoms with Crippen LogP contribution < -0.4 is 11.1 Å². The number of nitrogen functional groups attached to an aromatic ring is 1. The fraction of sp³-hybridized carbons (Fsp3) is 0.286. The van der Waals surface area contributed by atoms with Crippen molar-refractivity contribution in [3.05, 3.63) is 35.4 Å². The lowest BCUT2D eigenvalue weighted by Gasteiger charge is -2.06. The van der Waals surface area contributed by atoms with E-state index in [9.17, 15) is 9.18 Å². The van der Waals surface area contributed by atoms with Gasteiger partial charge in [-0.2, -0.15) is 5.10 Å². The second kappa shape index (κ2) is 6.17. The fourth-order valence-electron chi connectivity index (χ4n) is 1.88. The Labute approximate surface area is 126 Å². The summed E-state index contributed by atoms with van der Waals surface area (Å²) in [6.45, 7) is 3.73. The van der Waals surface area contributed by atoms with E-state index >= 15 is 0 Å². The van der Waals surface area contributed by atoms with Crippen LogP contribution in [0.5, 0.6) is 0 Å². The molecule has 1 aromatic carbocycles. The van der Waals surface area contributed by atoms with Gasteiger partial charge < -0.3 is 11.1 Å². The van der Waals surface area contributed by atoms with Crippen LogP contribution >= 0.6 is 11.8 Å². The largest absolute Gasteiger partial charge is 0.396 e. The van der Waals surface area contributed by atoms with Crippen LogP contribution in [0.15, 0.2) is 23.1 Å². The zero-order valence-corrected chi connectivity index (χ0v) is 12.9. The molecule has 0 saturated carbocycles. The first-order valence-electron chi connectivity index (χ1n) is 6.36. The number of rotatable bonds is 4. The maximum Gasteiger partial charge on any atom is 0.234 e. The molecule has 0 radical (unpaired) electrons. The lowest BCUT2D eigenvalue weighted by Crippen LogP contribution is -2.15. The van der Waals surface area contributed by atoms with E-state index in [1.165, 1.54) is 23.9 Å². The van der Waals surface area contributed by atoms with Crippen molar-refractivity contribution >= 4 is 29.0 Å². The van der Waals surface area contributed by atoms with Crippen LogP contribution in [0.1, 0.15) is 11.4 Å². The van der Waals surface area contributed by atoms with E-state index < -0.39 is 5.82 Å². The summed E-state index contributed by atoms with van der Waals surface area (Å²) in [5.74, 6) is -0.437. The van der Waals surface area contributed by atoms with Gasteiger partial charge in [-0.1, -0.05) is 0 Å². The molecule has 112 valence electrons. The number of benzene rings is 1. The Morgan fingerprint density at radius 3 is 2.76 bits per heavy atom. The number of thioether (sulfide) groups is 1. The molecule has 0 aliphatic rings. The molecule has 1 heterocycles. The highest BCUT2D eigenvalue weighted by atomic mass is 32.2. The molecule has 0 aliphatic heterocycles. The molecule has 0 spiro atoms. The molecule has 3 N–H and O–H groups in total. The maximum atomic E-state index is 13.3. The molecule has 0 atom stereocenters. The molecule has 1 aromatic heterocycles. The summed E-state index contributed by atoms with van der Waals surface area (Å²) in [5.41, 5.74) is 7.90. The summed E-state index contributed by atoms with van der Waals surface area (Å²) in [6.07, 6.45) is 0. The summed E-state index contributed by atoms with van der Waals surface area (Å²) in [5, 5.41) is 7.07. The smallest absolute Gasteiger partial charge is 0.234 e. The van der Waals surface area contributed by atoms with E-state index in [2.05, 4.69) is 10.4 Å². The van der Waals surface area contributed by atoms with Gasteiger partial charge in [-0.3, -0.25) is 9.48 Å². The SMILES string of the molecule is Cc1nn(C)c(C)c1NC(=O)CSc1ccc(N)c(F)c1. The molecule has 0 aliphatic carbocycles. The topological polar surface area (TPSA) is 72.9 Å². The first-order valence-corrected chi connectivity index (χ1v) is 7.35. The predicted molar refractivity (Wildman–Crippen MR) is 82.8 cm³/mol. The van der Waals surface area contributed by atoms with E-state index in [0.717, 1.165) is 17.1 Å². The van der Waals surface area contributed by atoms with Crippen molar-refractivity contribution in [1.82, 2.24) is 9.78 Å². The number of carbonyl (C=O) groups is 1. The van der Waals surface area contributed by atoms with Gasteiger partial charge in [-0.25, -0.2) is 4.39 Å². The Kier molecular flexibility index (Phi) is 4.52. The standard InChI is InChI=1S/C14H17FN4OS/c1-8-14(9(2)19(3)18-8)17-13(20)7-21-10-4-5-12(16)11(15)6-10/h4-6H,7,16H2,1-3H3,(H,17,20). The highest BCUT2D eigenvalue weighted by Crippen LogP contribution is 2.23. The average Bonchev–Trinajstić information content (AvgIpc) is 2.67. The first-order chi connectivity index (χ1) is 9.88. The molecule has 2 aromatic rings. The third-order valence-corrected chi connectivity index (χ3v) is 4.11. The number of anilines is 2. The van der Waals surface area contributed by atoms with Crippen molar-refractivity contribution in [3.63, 3.8) is 0 Å². The predicted octanol–water partition coefficient (Wildman–Crippen LogP) is 2.49. The number of carbonyl (C=O) groups excluding carboxylic acids is 1. The van der Waals surface area contributed by atoms with Crippen molar-refractivity contribution < 1.29 is 9.18 Å². The van der Waals surface area contributed by atoms with Gasteiger partial charge >= 0.3 is 0 Å². The number of aromatic nitrogens is 2. The van der Waals surface area contributed by atoms with Crippen molar-refractivity contribution in [3.8, 4) is 0 Å². The Hall–Kier alpha value is -2.02.